The highest BCUT2D eigenvalue weighted by atomic mass is 35.5. The SMILES string of the molecule is CCCN1C(C)=C(C(=O)OC)C(c2cccc([N+](=O)[O-])c2)C(c2nc(CCl)no2)=C1C. The number of halogens is 1. The van der Waals surface area contributed by atoms with Crippen LogP contribution in [0, 0.1) is 10.1 Å². The summed E-state index contributed by atoms with van der Waals surface area (Å²) < 4.78 is 10.6. The normalized spacial score (nSPS) is 16.7. The minimum Gasteiger partial charge on any atom is -0.466 e. The predicted molar refractivity (Wildman–Crippen MR) is 114 cm³/mol. The molecule has 0 fully saturated rings. The van der Waals surface area contributed by atoms with Crippen LogP contribution in [0.4, 0.5) is 5.69 Å². The van der Waals surface area contributed by atoms with Gasteiger partial charge in [-0.25, -0.2) is 4.79 Å². The Kier molecular flexibility index (Phi) is 6.74. The Morgan fingerprint density at radius 3 is 2.68 bits per heavy atom. The maximum Gasteiger partial charge on any atom is 0.336 e. The van der Waals surface area contributed by atoms with Gasteiger partial charge in [0.25, 0.3) is 11.6 Å². The summed E-state index contributed by atoms with van der Waals surface area (Å²) in [5.41, 5.74) is 2.94. The number of benzene rings is 1. The lowest BCUT2D eigenvalue weighted by atomic mass is 9.79. The summed E-state index contributed by atoms with van der Waals surface area (Å²) in [5, 5.41) is 15.3. The molecular weight excluding hydrogens is 424 g/mol. The largest absolute Gasteiger partial charge is 0.466 e. The number of hydrogen-bond donors (Lipinski definition) is 0. The van der Waals surface area contributed by atoms with Crippen molar-refractivity contribution < 1.29 is 19.0 Å². The molecule has 1 aliphatic rings. The Balaban J connectivity index is 2.32. The topological polar surface area (TPSA) is 112 Å². The number of alkyl halides is 1. The lowest BCUT2D eigenvalue weighted by Gasteiger charge is -2.37. The van der Waals surface area contributed by atoms with Crippen molar-refractivity contribution in [1.82, 2.24) is 15.0 Å². The molecule has 9 nitrogen and oxygen atoms in total. The smallest absolute Gasteiger partial charge is 0.336 e. The molecule has 0 saturated heterocycles. The van der Waals surface area contributed by atoms with E-state index in [2.05, 4.69) is 10.1 Å². The molecule has 2 heterocycles. The maximum atomic E-state index is 12.9. The summed E-state index contributed by atoms with van der Waals surface area (Å²) in [4.78, 5) is 30.2. The van der Waals surface area contributed by atoms with E-state index in [0.29, 0.717) is 34.8 Å². The molecular formula is C21H23ClN4O5. The first-order chi connectivity index (χ1) is 14.8. The first kappa shape index (κ1) is 22.5. The van der Waals surface area contributed by atoms with Gasteiger partial charge in [-0.15, -0.1) is 11.6 Å². The number of hydrogen-bond acceptors (Lipinski definition) is 8. The van der Waals surface area contributed by atoms with Crippen molar-refractivity contribution in [3.63, 3.8) is 0 Å². The lowest BCUT2D eigenvalue weighted by Crippen LogP contribution is -2.32. The molecule has 1 aromatic carbocycles. The number of allylic oxidation sites excluding steroid dienone is 3. The third-order valence-corrected chi connectivity index (χ3v) is 5.49. The van der Waals surface area contributed by atoms with Crippen molar-refractivity contribution in [1.29, 1.82) is 0 Å². The van der Waals surface area contributed by atoms with E-state index in [1.165, 1.54) is 19.2 Å². The third kappa shape index (κ3) is 4.18. The van der Waals surface area contributed by atoms with Crippen LogP contribution in [0.15, 0.2) is 45.8 Å². The zero-order valence-electron chi connectivity index (χ0n) is 17.7. The lowest BCUT2D eigenvalue weighted by molar-refractivity contribution is -0.384. The number of carbonyl (C=O) groups excluding carboxylic acids is 1. The van der Waals surface area contributed by atoms with Gasteiger partial charge >= 0.3 is 5.97 Å². The van der Waals surface area contributed by atoms with E-state index >= 15 is 0 Å². The van der Waals surface area contributed by atoms with Crippen molar-refractivity contribution >= 4 is 28.8 Å². The van der Waals surface area contributed by atoms with E-state index in [0.717, 1.165) is 12.1 Å². The Hall–Kier alpha value is -3.20. The summed E-state index contributed by atoms with van der Waals surface area (Å²) in [7, 11) is 1.31. The molecule has 0 aliphatic carbocycles. The highest BCUT2D eigenvalue weighted by molar-refractivity contribution is 6.16. The maximum absolute atomic E-state index is 12.9. The van der Waals surface area contributed by atoms with Crippen molar-refractivity contribution in [2.24, 2.45) is 0 Å². The molecule has 1 aromatic heterocycles. The molecule has 31 heavy (non-hydrogen) atoms. The number of aromatic nitrogens is 2. The van der Waals surface area contributed by atoms with Crippen molar-refractivity contribution in [3.8, 4) is 0 Å². The number of nitro benzene ring substituents is 1. The second-order valence-electron chi connectivity index (χ2n) is 7.08. The molecule has 1 atom stereocenters. The number of ether oxygens (including phenoxy) is 1. The molecule has 1 unspecified atom stereocenters. The molecule has 0 N–H and O–H groups in total. The minimum atomic E-state index is -0.691. The van der Waals surface area contributed by atoms with Crippen molar-refractivity contribution in [2.45, 2.75) is 39.0 Å². The van der Waals surface area contributed by atoms with E-state index in [9.17, 15) is 14.9 Å². The number of methoxy groups -OCH3 is 1. The average molecular weight is 447 g/mol. The first-order valence-electron chi connectivity index (χ1n) is 9.74. The van der Waals surface area contributed by atoms with Crippen LogP contribution < -0.4 is 0 Å². The monoisotopic (exact) mass is 446 g/mol. The fourth-order valence-corrected chi connectivity index (χ4v) is 3.99. The van der Waals surface area contributed by atoms with Gasteiger partial charge in [-0.05, 0) is 25.8 Å². The predicted octanol–water partition coefficient (Wildman–Crippen LogP) is 4.40. The van der Waals surface area contributed by atoms with Crippen LogP contribution in [0.25, 0.3) is 5.57 Å². The quantitative estimate of drug-likeness (QED) is 0.266. The zero-order valence-corrected chi connectivity index (χ0v) is 18.5. The van der Waals surface area contributed by atoms with Crippen LogP contribution in [-0.4, -0.2) is 39.6 Å². The van der Waals surface area contributed by atoms with Crippen LogP contribution in [-0.2, 0) is 15.4 Å². The van der Waals surface area contributed by atoms with Crippen LogP contribution in [0.5, 0.6) is 0 Å². The van der Waals surface area contributed by atoms with Gasteiger partial charge in [0.15, 0.2) is 5.82 Å². The van der Waals surface area contributed by atoms with Gasteiger partial charge in [0.05, 0.1) is 29.4 Å². The van der Waals surface area contributed by atoms with Crippen LogP contribution in [0.2, 0.25) is 0 Å². The fraction of sp³-hybridized carbons (Fsp3) is 0.381. The van der Waals surface area contributed by atoms with Crippen LogP contribution in [0.3, 0.4) is 0 Å². The number of rotatable bonds is 7. The second-order valence-corrected chi connectivity index (χ2v) is 7.34. The highest BCUT2D eigenvalue weighted by Crippen LogP contribution is 2.46. The summed E-state index contributed by atoms with van der Waals surface area (Å²) in [6, 6.07) is 6.16. The van der Waals surface area contributed by atoms with Gasteiger partial charge < -0.3 is 14.2 Å². The van der Waals surface area contributed by atoms with Crippen LogP contribution in [0.1, 0.15) is 50.4 Å². The fourth-order valence-electron chi connectivity index (χ4n) is 3.89. The number of nitrogens with zero attached hydrogens (tertiary/aromatic N) is 4. The number of nitro groups is 1. The molecule has 0 spiro atoms. The van der Waals surface area contributed by atoms with E-state index in [1.54, 1.807) is 12.1 Å². The summed E-state index contributed by atoms with van der Waals surface area (Å²) in [6.07, 6.45) is 0.828. The van der Waals surface area contributed by atoms with E-state index < -0.39 is 16.8 Å². The van der Waals surface area contributed by atoms with Crippen molar-refractivity contribution in [2.75, 3.05) is 13.7 Å². The Labute approximate surface area is 184 Å². The Morgan fingerprint density at radius 1 is 1.35 bits per heavy atom. The van der Waals surface area contributed by atoms with E-state index in [-0.39, 0.29) is 17.5 Å². The van der Waals surface area contributed by atoms with Gasteiger partial charge in [0, 0.05) is 35.6 Å². The van der Waals surface area contributed by atoms with E-state index in [4.69, 9.17) is 20.9 Å². The number of non-ortho nitro benzene ring substituents is 1. The molecule has 0 saturated carbocycles. The second kappa shape index (κ2) is 9.30. The van der Waals surface area contributed by atoms with Crippen LogP contribution >= 0.6 is 11.6 Å². The van der Waals surface area contributed by atoms with Gasteiger partial charge in [-0.3, -0.25) is 10.1 Å². The minimum absolute atomic E-state index is 0.0642. The van der Waals surface area contributed by atoms with Crippen molar-refractivity contribution in [3.05, 3.63) is 68.6 Å². The first-order valence-corrected chi connectivity index (χ1v) is 10.3. The molecule has 3 rings (SSSR count). The van der Waals surface area contributed by atoms with Gasteiger partial charge in [-0.2, -0.15) is 4.98 Å². The number of esters is 1. The molecule has 164 valence electrons. The molecule has 1 aliphatic heterocycles. The van der Waals surface area contributed by atoms with Gasteiger partial charge in [0.1, 0.15) is 0 Å². The summed E-state index contributed by atoms with van der Waals surface area (Å²) in [6.45, 7) is 6.42. The molecule has 0 bridgehead atoms. The molecule has 0 amide bonds. The molecule has 0 radical (unpaired) electrons. The summed E-state index contributed by atoms with van der Waals surface area (Å²) in [5.74, 6) is -0.641. The number of carbonyl (C=O) groups is 1. The van der Waals surface area contributed by atoms with Gasteiger partial charge in [-0.1, -0.05) is 24.2 Å². The third-order valence-electron chi connectivity index (χ3n) is 5.25. The summed E-state index contributed by atoms with van der Waals surface area (Å²) >= 11 is 5.86. The Morgan fingerprint density at radius 2 is 2.10 bits per heavy atom. The van der Waals surface area contributed by atoms with E-state index in [1.807, 2.05) is 25.7 Å². The van der Waals surface area contributed by atoms with Gasteiger partial charge in [0.2, 0.25) is 0 Å². The standard InChI is InChI=1S/C21H23ClN4O5/c1-5-9-25-12(2)17(20-23-16(11-22)24-31-20)19(18(13(25)3)21(27)30-4)14-7-6-8-15(10-14)26(28)29/h6-8,10,19H,5,9,11H2,1-4H3. The highest BCUT2D eigenvalue weighted by Gasteiger charge is 2.40. The molecule has 10 heteroatoms. The average Bonchev–Trinajstić information content (AvgIpc) is 3.24. The zero-order chi connectivity index (χ0) is 22.7. The molecule has 2 aromatic rings. The Bertz CT molecular complexity index is 1080.